The molecule has 0 spiro atoms. The number of halogens is 1. The van der Waals surface area contributed by atoms with E-state index in [-0.39, 0.29) is 11.1 Å². The third-order valence-corrected chi connectivity index (χ3v) is 2.65. The highest BCUT2D eigenvalue weighted by Crippen LogP contribution is 2.12. The highest BCUT2D eigenvalue weighted by Gasteiger charge is 2.06. The minimum atomic E-state index is -1.17. The minimum absolute atomic E-state index is 0.0995. The first-order valence-electron chi connectivity index (χ1n) is 5.79. The Balaban J connectivity index is 2.25. The lowest BCUT2D eigenvalue weighted by molar-refractivity contribution is 0.0696. The van der Waals surface area contributed by atoms with Crippen molar-refractivity contribution in [2.24, 2.45) is 0 Å². The first-order chi connectivity index (χ1) is 9.60. The Morgan fingerprint density at radius 2 is 1.85 bits per heavy atom. The van der Waals surface area contributed by atoms with E-state index in [2.05, 4.69) is 11.8 Å². The predicted molar refractivity (Wildman–Crippen MR) is 72.3 cm³/mol. The van der Waals surface area contributed by atoms with Crippen LogP contribution in [-0.4, -0.2) is 18.2 Å². The second-order valence-electron chi connectivity index (χ2n) is 3.98. The summed E-state index contributed by atoms with van der Waals surface area (Å²) in [6, 6.07) is 10.7. The molecule has 1 N–H and O–H groups in total. The van der Waals surface area contributed by atoms with Crippen molar-refractivity contribution < 1.29 is 19.0 Å². The van der Waals surface area contributed by atoms with E-state index in [9.17, 15) is 9.18 Å². The van der Waals surface area contributed by atoms with Gasteiger partial charge in [-0.05, 0) is 42.5 Å². The molecular formula is C16H11FO3. The molecule has 2 rings (SSSR count). The van der Waals surface area contributed by atoms with Gasteiger partial charge < -0.3 is 9.84 Å². The largest absolute Gasteiger partial charge is 0.497 e. The van der Waals surface area contributed by atoms with E-state index in [4.69, 9.17) is 9.84 Å². The maximum Gasteiger partial charge on any atom is 0.335 e. The molecule has 0 saturated heterocycles. The van der Waals surface area contributed by atoms with Crippen LogP contribution in [0.2, 0.25) is 0 Å². The van der Waals surface area contributed by atoms with E-state index >= 15 is 0 Å². The number of hydrogen-bond donors (Lipinski definition) is 1. The van der Waals surface area contributed by atoms with E-state index in [1.54, 1.807) is 31.4 Å². The Labute approximate surface area is 115 Å². The number of benzene rings is 2. The van der Waals surface area contributed by atoms with Gasteiger partial charge in [0.2, 0.25) is 0 Å². The van der Waals surface area contributed by atoms with Gasteiger partial charge in [0.25, 0.3) is 0 Å². The van der Waals surface area contributed by atoms with Gasteiger partial charge in [-0.3, -0.25) is 0 Å². The lowest BCUT2D eigenvalue weighted by Crippen LogP contribution is -1.97. The molecule has 100 valence electrons. The minimum Gasteiger partial charge on any atom is -0.497 e. The molecule has 3 nitrogen and oxygen atoms in total. The Morgan fingerprint density at radius 1 is 1.15 bits per heavy atom. The highest BCUT2D eigenvalue weighted by molar-refractivity contribution is 5.87. The Kier molecular flexibility index (Phi) is 4.02. The smallest absolute Gasteiger partial charge is 0.335 e. The number of methoxy groups -OCH3 is 1. The van der Waals surface area contributed by atoms with Crippen molar-refractivity contribution >= 4 is 5.97 Å². The molecular weight excluding hydrogens is 259 g/mol. The molecule has 0 atom stereocenters. The van der Waals surface area contributed by atoms with Crippen LogP contribution in [0.15, 0.2) is 42.5 Å². The Hall–Kier alpha value is -2.80. The monoisotopic (exact) mass is 270 g/mol. The molecule has 0 fully saturated rings. The van der Waals surface area contributed by atoms with E-state index < -0.39 is 11.8 Å². The summed E-state index contributed by atoms with van der Waals surface area (Å²) >= 11 is 0. The lowest BCUT2D eigenvalue weighted by atomic mass is 10.1. The summed E-state index contributed by atoms with van der Waals surface area (Å²) < 4.78 is 18.7. The average Bonchev–Trinajstić information content (AvgIpc) is 2.46. The van der Waals surface area contributed by atoms with Crippen LogP contribution in [0.5, 0.6) is 5.75 Å². The van der Waals surface area contributed by atoms with Crippen molar-refractivity contribution in [3.05, 3.63) is 65.0 Å². The second kappa shape index (κ2) is 5.89. The number of carboxylic acids is 1. The maximum atomic E-state index is 13.6. The SMILES string of the molecule is COc1ccc(C#Cc2ccc(C(=O)O)cc2F)cc1. The summed E-state index contributed by atoms with van der Waals surface area (Å²) in [6.07, 6.45) is 0. The van der Waals surface area contributed by atoms with Gasteiger partial charge in [0, 0.05) is 5.56 Å². The van der Waals surface area contributed by atoms with Gasteiger partial charge in [-0.25, -0.2) is 9.18 Å². The molecule has 0 radical (unpaired) electrons. The molecule has 0 bridgehead atoms. The molecule has 0 amide bonds. The van der Waals surface area contributed by atoms with E-state index in [1.165, 1.54) is 12.1 Å². The van der Waals surface area contributed by atoms with E-state index in [1.807, 2.05) is 0 Å². The van der Waals surface area contributed by atoms with Crippen LogP contribution in [0.4, 0.5) is 4.39 Å². The fraction of sp³-hybridized carbons (Fsp3) is 0.0625. The summed E-state index contributed by atoms with van der Waals surface area (Å²) in [4.78, 5) is 10.7. The first-order valence-corrected chi connectivity index (χ1v) is 5.79. The molecule has 0 heterocycles. The highest BCUT2D eigenvalue weighted by atomic mass is 19.1. The molecule has 0 aliphatic heterocycles. The fourth-order valence-corrected chi connectivity index (χ4v) is 1.56. The summed E-state index contributed by atoms with van der Waals surface area (Å²) in [6.45, 7) is 0. The van der Waals surface area contributed by atoms with Crippen LogP contribution >= 0.6 is 0 Å². The number of rotatable bonds is 2. The number of ether oxygens (including phenoxy) is 1. The quantitative estimate of drug-likeness (QED) is 0.853. The summed E-state index contributed by atoms with van der Waals surface area (Å²) in [5.74, 6) is 4.38. The lowest BCUT2D eigenvalue weighted by Gasteiger charge is -1.98. The van der Waals surface area contributed by atoms with Gasteiger partial charge in [0.1, 0.15) is 11.6 Å². The fourth-order valence-electron chi connectivity index (χ4n) is 1.56. The molecule has 20 heavy (non-hydrogen) atoms. The van der Waals surface area contributed by atoms with Gasteiger partial charge >= 0.3 is 5.97 Å². The van der Waals surface area contributed by atoms with Crippen LogP contribution < -0.4 is 4.74 Å². The molecule has 0 aliphatic carbocycles. The number of carbonyl (C=O) groups is 1. The van der Waals surface area contributed by atoms with Crippen molar-refractivity contribution in [3.63, 3.8) is 0 Å². The van der Waals surface area contributed by atoms with Gasteiger partial charge in [-0.1, -0.05) is 11.8 Å². The summed E-state index contributed by atoms with van der Waals surface area (Å²) in [5, 5.41) is 8.74. The van der Waals surface area contributed by atoms with Crippen molar-refractivity contribution in [2.75, 3.05) is 7.11 Å². The molecule has 0 unspecified atom stereocenters. The van der Waals surface area contributed by atoms with Crippen LogP contribution in [-0.2, 0) is 0 Å². The third-order valence-electron chi connectivity index (χ3n) is 2.65. The molecule has 2 aromatic carbocycles. The zero-order valence-corrected chi connectivity index (χ0v) is 10.7. The van der Waals surface area contributed by atoms with Crippen molar-refractivity contribution in [2.45, 2.75) is 0 Å². The molecule has 0 saturated carbocycles. The zero-order chi connectivity index (χ0) is 14.5. The number of aromatic carboxylic acids is 1. The normalized spacial score (nSPS) is 9.50. The van der Waals surface area contributed by atoms with Gasteiger partial charge in [0.15, 0.2) is 0 Å². The van der Waals surface area contributed by atoms with Crippen LogP contribution in [0, 0.1) is 17.7 Å². The maximum absolute atomic E-state index is 13.6. The third kappa shape index (κ3) is 3.15. The van der Waals surface area contributed by atoms with Crippen molar-refractivity contribution in [3.8, 4) is 17.6 Å². The van der Waals surface area contributed by atoms with Crippen LogP contribution in [0.25, 0.3) is 0 Å². The van der Waals surface area contributed by atoms with Gasteiger partial charge in [0.05, 0.1) is 18.2 Å². The standard InChI is InChI=1S/C16H11FO3/c1-20-14-8-3-11(4-9-14)2-5-12-6-7-13(16(18)19)10-15(12)17/h3-4,6-10H,1H3,(H,18,19). The van der Waals surface area contributed by atoms with Crippen molar-refractivity contribution in [1.29, 1.82) is 0 Å². The zero-order valence-electron chi connectivity index (χ0n) is 10.7. The summed E-state index contributed by atoms with van der Waals surface area (Å²) in [5.41, 5.74) is 0.774. The van der Waals surface area contributed by atoms with Crippen molar-refractivity contribution in [1.82, 2.24) is 0 Å². The first kappa shape index (κ1) is 13.6. The average molecular weight is 270 g/mol. The summed E-state index contributed by atoms with van der Waals surface area (Å²) in [7, 11) is 1.57. The van der Waals surface area contributed by atoms with E-state index in [0.717, 1.165) is 6.07 Å². The molecule has 0 aromatic heterocycles. The Morgan fingerprint density at radius 3 is 2.40 bits per heavy atom. The van der Waals surface area contributed by atoms with Gasteiger partial charge in [-0.2, -0.15) is 0 Å². The molecule has 4 heteroatoms. The molecule has 2 aromatic rings. The Bertz CT molecular complexity index is 694. The number of carboxylic acid groups (broad SMARTS) is 1. The van der Waals surface area contributed by atoms with E-state index in [0.29, 0.717) is 11.3 Å². The van der Waals surface area contributed by atoms with Gasteiger partial charge in [-0.15, -0.1) is 0 Å². The van der Waals surface area contributed by atoms with Crippen LogP contribution in [0.1, 0.15) is 21.5 Å². The molecule has 0 aliphatic rings. The predicted octanol–water partition coefficient (Wildman–Crippen LogP) is 2.93. The van der Waals surface area contributed by atoms with Crippen LogP contribution in [0.3, 0.4) is 0 Å². The number of hydrogen-bond acceptors (Lipinski definition) is 2. The second-order valence-corrected chi connectivity index (χ2v) is 3.98. The topological polar surface area (TPSA) is 46.5 Å².